The average molecular weight is 636 g/mol. The molecule has 2 aromatic carbocycles. The van der Waals surface area contributed by atoms with Gasteiger partial charge in [-0.15, -0.1) is 0 Å². The monoisotopic (exact) mass is 635 g/mol. The van der Waals surface area contributed by atoms with Gasteiger partial charge in [0.2, 0.25) is 0 Å². The fourth-order valence-electron chi connectivity index (χ4n) is 7.21. The van der Waals surface area contributed by atoms with Crippen molar-refractivity contribution in [3.05, 3.63) is 76.6 Å². The molecule has 0 spiro atoms. The van der Waals surface area contributed by atoms with E-state index < -0.39 is 0 Å². The van der Waals surface area contributed by atoms with Crippen LogP contribution in [-0.2, 0) is 28.9 Å². The lowest BCUT2D eigenvalue weighted by atomic mass is 9.82. The fourth-order valence-corrected chi connectivity index (χ4v) is 7.21. The Bertz CT molecular complexity index is 2010. The molecule has 0 atom stereocenters. The van der Waals surface area contributed by atoms with Crippen LogP contribution in [0.2, 0.25) is 0 Å². The Morgan fingerprint density at radius 3 is 2.55 bits per heavy atom. The summed E-state index contributed by atoms with van der Waals surface area (Å²) in [6.45, 7) is 15.8. The van der Waals surface area contributed by atoms with Crippen molar-refractivity contribution in [2.75, 3.05) is 29.4 Å². The number of aryl methyl sites for hydroxylation is 2. The molecule has 0 aliphatic carbocycles. The standard InChI is InChI=1S/C38H42FN5O3/c1-22(2)46-32(45)19-29-23(3)42-24(4)33(35(29)43-15-12-38(5,6)13-16-43)26-7-8-27-20-44(14-11-25(27)17-26)37-36-34(40-21-41-37)30-18-28(39)9-10-31(30)47-36/h7-10,17-18,21-22H,11-16,19-20H2,1-6H3. The van der Waals surface area contributed by atoms with Crippen molar-refractivity contribution in [3.8, 4) is 11.1 Å². The van der Waals surface area contributed by atoms with Crippen LogP contribution in [0.5, 0.6) is 0 Å². The van der Waals surface area contributed by atoms with E-state index in [1.54, 1.807) is 6.07 Å². The van der Waals surface area contributed by atoms with Crippen LogP contribution in [0, 0.1) is 25.1 Å². The van der Waals surface area contributed by atoms with E-state index in [9.17, 15) is 9.18 Å². The first-order chi connectivity index (χ1) is 22.5. The minimum Gasteiger partial charge on any atom is -0.463 e. The summed E-state index contributed by atoms with van der Waals surface area (Å²) in [6, 6.07) is 11.2. The number of halogens is 1. The van der Waals surface area contributed by atoms with Crippen molar-refractivity contribution in [1.29, 1.82) is 0 Å². The number of carbonyl (C=O) groups excluding carboxylic acids is 1. The summed E-state index contributed by atoms with van der Waals surface area (Å²) in [4.78, 5) is 31.7. The number of carbonyl (C=O) groups is 1. The maximum absolute atomic E-state index is 14.0. The lowest BCUT2D eigenvalue weighted by Gasteiger charge is -2.40. The minimum absolute atomic E-state index is 0.173. The van der Waals surface area contributed by atoms with Gasteiger partial charge >= 0.3 is 5.97 Å². The zero-order chi connectivity index (χ0) is 33.0. The molecule has 0 unspecified atom stereocenters. The van der Waals surface area contributed by atoms with Crippen LogP contribution in [-0.4, -0.2) is 46.7 Å². The molecule has 2 aliphatic heterocycles. The van der Waals surface area contributed by atoms with Gasteiger partial charge in [0.15, 0.2) is 11.4 Å². The number of rotatable bonds is 6. The topological polar surface area (TPSA) is 84.6 Å². The van der Waals surface area contributed by atoms with Crippen LogP contribution in [0.4, 0.5) is 15.9 Å². The number of aromatic nitrogens is 3. The molecule has 5 heterocycles. The number of furan rings is 1. The molecule has 8 nitrogen and oxygen atoms in total. The predicted octanol–water partition coefficient (Wildman–Crippen LogP) is 7.88. The highest BCUT2D eigenvalue weighted by atomic mass is 19.1. The van der Waals surface area contributed by atoms with Gasteiger partial charge in [-0.25, -0.2) is 14.4 Å². The first kappa shape index (κ1) is 31.1. The molecule has 9 heteroatoms. The van der Waals surface area contributed by atoms with E-state index in [0.717, 1.165) is 72.7 Å². The van der Waals surface area contributed by atoms with Gasteiger partial charge in [-0.2, -0.15) is 0 Å². The molecule has 7 rings (SSSR count). The molecular formula is C38H42FN5O3. The van der Waals surface area contributed by atoms with E-state index in [-0.39, 0.29) is 29.7 Å². The molecule has 0 saturated carbocycles. The van der Waals surface area contributed by atoms with E-state index >= 15 is 0 Å². The zero-order valence-electron chi connectivity index (χ0n) is 28.1. The second-order valence-electron chi connectivity index (χ2n) is 14.1. The number of ether oxygens (including phenoxy) is 1. The predicted molar refractivity (Wildman–Crippen MR) is 183 cm³/mol. The number of benzene rings is 2. The highest BCUT2D eigenvalue weighted by Gasteiger charge is 2.31. The number of hydrogen-bond acceptors (Lipinski definition) is 8. The Kier molecular flexibility index (Phi) is 7.89. The Balaban J connectivity index is 1.26. The highest BCUT2D eigenvalue weighted by molar-refractivity contribution is 6.05. The van der Waals surface area contributed by atoms with Gasteiger partial charge in [-0.05, 0) is 87.3 Å². The quantitative estimate of drug-likeness (QED) is 0.174. The number of fused-ring (bicyclic) bond motifs is 4. The van der Waals surface area contributed by atoms with Crippen molar-refractivity contribution in [1.82, 2.24) is 15.0 Å². The summed E-state index contributed by atoms with van der Waals surface area (Å²) in [5, 5.41) is 0.651. The number of anilines is 2. The Hall–Kier alpha value is -4.53. The van der Waals surface area contributed by atoms with E-state index in [1.165, 1.54) is 29.6 Å². The maximum Gasteiger partial charge on any atom is 0.310 e. The highest BCUT2D eigenvalue weighted by Crippen LogP contribution is 2.43. The number of hydrogen-bond donors (Lipinski definition) is 0. The summed E-state index contributed by atoms with van der Waals surface area (Å²) < 4.78 is 25.8. The third-order valence-electron chi connectivity index (χ3n) is 9.78. The fraction of sp³-hybridized carbons (Fsp3) is 0.421. The van der Waals surface area contributed by atoms with Crippen LogP contribution in [0.15, 0.2) is 47.1 Å². The van der Waals surface area contributed by atoms with Gasteiger partial charge in [-0.3, -0.25) is 9.78 Å². The Morgan fingerprint density at radius 1 is 1.00 bits per heavy atom. The zero-order valence-corrected chi connectivity index (χ0v) is 28.1. The van der Waals surface area contributed by atoms with Crippen LogP contribution >= 0.6 is 0 Å². The summed E-state index contributed by atoms with van der Waals surface area (Å²) in [6.07, 6.45) is 4.54. The third-order valence-corrected chi connectivity index (χ3v) is 9.78. The molecule has 0 amide bonds. The van der Waals surface area contributed by atoms with Gasteiger partial charge in [0.05, 0.1) is 18.2 Å². The van der Waals surface area contributed by atoms with Crippen molar-refractivity contribution in [3.63, 3.8) is 0 Å². The first-order valence-corrected chi connectivity index (χ1v) is 16.6. The van der Waals surface area contributed by atoms with Gasteiger partial charge in [0, 0.05) is 54.1 Å². The van der Waals surface area contributed by atoms with Gasteiger partial charge in [-0.1, -0.05) is 32.0 Å². The smallest absolute Gasteiger partial charge is 0.310 e. The first-order valence-electron chi connectivity index (χ1n) is 16.6. The number of nitrogens with zero attached hydrogens (tertiary/aromatic N) is 5. The molecule has 0 N–H and O–H groups in total. The molecule has 3 aromatic heterocycles. The van der Waals surface area contributed by atoms with Crippen molar-refractivity contribution < 1.29 is 18.3 Å². The van der Waals surface area contributed by atoms with Crippen LogP contribution in [0.25, 0.3) is 33.2 Å². The minimum atomic E-state index is -0.322. The summed E-state index contributed by atoms with van der Waals surface area (Å²) in [5.41, 5.74) is 10.7. The molecule has 1 fully saturated rings. The summed E-state index contributed by atoms with van der Waals surface area (Å²) >= 11 is 0. The Labute approximate surface area is 275 Å². The largest absolute Gasteiger partial charge is 0.463 e. The number of esters is 1. The molecule has 47 heavy (non-hydrogen) atoms. The molecule has 2 aliphatic rings. The second-order valence-corrected chi connectivity index (χ2v) is 14.1. The summed E-state index contributed by atoms with van der Waals surface area (Å²) in [5.74, 6) is 0.169. The molecule has 244 valence electrons. The van der Waals surface area contributed by atoms with E-state index in [1.807, 2.05) is 20.8 Å². The van der Waals surface area contributed by atoms with Crippen molar-refractivity contribution in [2.24, 2.45) is 5.41 Å². The molecular weight excluding hydrogens is 593 g/mol. The molecule has 5 aromatic rings. The van der Waals surface area contributed by atoms with Crippen LogP contribution in [0.1, 0.15) is 68.6 Å². The van der Waals surface area contributed by atoms with Gasteiger partial charge in [0.1, 0.15) is 23.2 Å². The van der Waals surface area contributed by atoms with Crippen molar-refractivity contribution >= 4 is 39.5 Å². The normalized spacial score (nSPS) is 16.3. The van der Waals surface area contributed by atoms with Gasteiger partial charge in [0.25, 0.3) is 0 Å². The second kappa shape index (κ2) is 11.9. The number of piperidine rings is 1. The number of pyridine rings is 1. The van der Waals surface area contributed by atoms with Gasteiger partial charge < -0.3 is 19.0 Å². The third kappa shape index (κ3) is 5.92. The maximum atomic E-state index is 14.0. The average Bonchev–Trinajstić information content (AvgIpc) is 3.39. The van der Waals surface area contributed by atoms with E-state index in [0.29, 0.717) is 34.4 Å². The molecule has 0 radical (unpaired) electrons. The van der Waals surface area contributed by atoms with Crippen LogP contribution in [0.3, 0.4) is 0 Å². The Morgan fingerprint density at radius 2 is 1.79 bits per heavy atom. The molecule has 1 saturated heterocycles. The van der Waals surface area contributed by atoms with E-state index in [4.69, 9.17) is 14.1 Å². The summed E-state index contributed by atoms with van der Waals surface area (Å²) in [7, 11) is 0. The van der Waals surface area contributed by atoms with E-state index in [2.05, 4.69) is 58.7 Å². The molecule has 0 bridgehead atoms. The lowest BCUT2D eigenvalue weighted by Crippen LogP contribution is -2.38. The lowest BCUT2D eigenvalue weighted by molar-refractivity contribution is -0.146. The van der Waals surface area contributed by atoms with Crippen LogP contribution < -0.4 is 9.80 Å². The SMILES string of the molecule is Cc1nc(C)c(-c2ccc3c(c2)CCN(c2ncnc4c2oc2ccc(F)cc24)C3)c(N2CCC(C)(C)CC2)c1CC(=O)OC(C)C. The van der Waals surface area contributed by atoms with Crippen molar-refractivity contribution in [2.45, 2.75) is 79.9 Å².